The number of carboxylic acids is 1. The molecule has 1 atom stereocenters. The van der Waals surface area contributed by atoms with Gasteiger partial charge in [0.05, 0.1) is 7.11 Å². The van der Waals surface area contributed by atoms with E-state index in [2.05, 4.69) is 5.32 Å². The standard InChI is InChI=1S/C19H21NO6/c1-25-16-8-7-14(18(22)20-10-9-15(21)19(23)24)11-17(16)26-12-13-5-3-2-4-6-13/h2-8,11,15,21H,9-10,12H2,1H3,(H,20,22)(H,23,24)/t15-/m0/s1. The van der Waals surface area contributed by atoms with E-state index in [-0.39, 0.29) is 13.0 Å². The van der Waals surface area contributed by atoms with Crippen molar-refractivity contribution < 1.29 is 29.3 Å². The van der Waals surface area contributed by atoms with Crippen molar-refractivity contribution in [3.05, 3.63) is 59.7 Å². The van der Waals surface area contributed by atoms with Crippen LogP contribution >= 0.6 is 0 Å². The van der Waals surface area contributed by atoms with E-state index in [1.165, 1.54) is 7.11 Å². The summed E-state index contributed by atoms with van der Waals surface area (Å²) in [5, 5.41) is 20.4. The number of hydrogen-bond acceptors (Lipinski definition) is 5. The maximum absolute atomic E-state index is 12.2. The predicted molar refractivity (Wildman–Crippen MR) is 94.4 cm³/mol. The van der Waals surface area contributed by atoms with Crippen molar-refractivity contribution in [1.82, 2.24) is 5.32 Å². The zero-order valence-electron chi connectivity index (χ0n) is 14.3. The first-order valence-electron chi connectivity index (χ1n) is 8.05. The predicted octanol–water partition coefficient (Wildman–Crippen LogP) is 1.84. The van der Waals surface area contributed by atoms with E-state index in [1.807, 2.05) is 30.3 Å². The second-order valence-corrected chi connectivity index (χ2v) is 5.54. The Morgan fingerprint density at radius 2 is 1.85 bits per heavy atom. The Bertz CT molecular complexity index is 747. The molecule has 0 fully saturated rings. The average Bonchev–Trinajstić information content (AvgIpc) is 2.66. The first-order chi connectivity index (χ1) is 12.5. The first-order valence-corrected chi connectivity index (χ1v) is 8.05. The maximum atomic E-state index is 12.2. The van der Waals surface area contributed by atoms with Gasteiger partial charge < -0.3 is 25.0 Å². The Morgan fingerprint density at radius 3 is 2.50 bits per heavy atom. The number of ether oxygens (including phenoxy) is 2. The molecule has 0 unspecified atom stereocenters. The highest BCUT2D eigenvalue weighted by Gasteiger charge is 2.15. The molecule has 7 nitrogen and oxygen atoms in total. The molecule has 0 aliphatic rings. The molecule has 0 bridgehead atoms. The number of carbonyl (C=O) groups is 2. The average molecular weight is 359 g/mol. The quantitative estimate of drug-likeness (QED) is 0.631. The number of carbonyl (C=O) groups excluding carboxylic acids is 1. The number of rotatable bonds is 9. The number of benzene rings is 2. The molecule has 0 saturated heterocycles. The van der Waals surface area contributed by atoms with Gasteiger partial charge in [-0.25, -0.2) is 4.79 Å². The van der Waals surface area contributed by atoms with Crippen LogP contribution in [0.25, 0.3) is 0 Å². The summed E-state index contributed by atoms with van der Waals surface area (Å²) < 4.78 is 11.0. The smallest absolute Gasteiger partial charge is 0.332 e. The highest BCUT2D eigenvalue weighted by atomic mass is 16.5. The fraction of sp³-hybridized carbons (Fsp3) is 0.263. The molecule has 0 aliphatic carbocycles. The van der Waals surface area contributed by atoms with E-state index in [0.717, 1.165) is 5.56 Å². The van der Waals surface area contributed by atoms with Gasteiger partial charge >= 0.3 is 5.97 Å². The minimum absolute atomic E-state index is 0.0402. The van der Waals surface area contributed by atoms with Crippen LogP contribution in [0.2, 0.25) is 0 Å². The van der Waals surface area contributed by atoms with Crippen LogP contribution in [0.3, 0.4) is 0 Å². The number of methoxy groups -OCH3 is 1. The van der Waals surface area contributed by atoms with Crippen molar-refractivity contribution in [2.45, 2.75) is 19.1 Å². The van der Waals surface area contributed by atoms with Gasteiger partial charge in [-0.2, -0.15) is 0 Å². The summed E-state index contributed by atoms with van der Waals surface area (Å²) in [5.41, 5.74) is 1.32. The van der Waals surface area contributed by atoms with Crippen molar-refractivity contribution in [2.24, 2.45) is 0 Å². The second kappa shape index (κ2) is 9.43. The van der Waals surface area contributed by atoms with E-state index >= 15 is 0 Å². The second-order valence-electron chi connectivity index (χ2n) is 5.54. The molecule has 0 saturated carbocycles. The zero-order valence-corrected chi connectivity index (χ0v) is 14.3. The number of nitrogens with one attached hydrogen (secondary N) is 1. The number of aliphatic hydroxyl groups is 1. The molecule has 0 aromatic heterocycles. The lowest BCUT2D eigenvalue weighted by Crippen LogP contribution is -2.30. The molecule has 26 heavy (non-hydrogen) atoms. The molecule has 3 N–H and O–H groups in total. The Labute approximate surface area is 151 Å². The summed E-state index contributed by atoms with van der Waals surface area (Å²) in [5.74, 6) is -0.788. The molecule has 0 aliphatic heterocycles. The number of aliphatic hydroxyl groups excluding tert-OH is 1. The van der Waals surface area contributed by atoms with Crippen molar-refractivity contribution >= 4 is 11.9 Å². The lowest BCUT2D eigenvalue weighted by molar-refractivity contribution is -0.146. The van der Waals surface area contributed by atoms with Gasteiger partial charge in [-0.05, 0) is 23.8 Å². The number of aliphatic carboxylic acids is 1. The fourth-order valence-electron chi connectivity index (χ4n) is 2.21. The molecular weight excluding hydrogens is 338 g/mol. The highest BCUT2D eigenvalue weighted by Crippen LogP contribution is 2.28. The molecule has 0 heterocycles. The molecule has 7 heteroatoms. The highest BCUT2D eigenvalue weighted by molar-refractivity contribution is 5.94. The summed E-state index contributed by atoms with van der Waals surface area (Å²) >= 11 is 0. The lowest BCUT2D eigenvalue weighted by atomic mass is 10.1. The van der Waals surface area contributed by atoms with Gasteiger partial charge in [-0.15, -0.1) is 0 Å². The Hall–Kier alpha value is -3.06. The van der Waals surface area contributed by atoms with Gasteiger partial charge in [0.15, 0.2) is 17.6 Å². The Balaban J connectivity index is 2.00. The van der Waals surface area contributed by atoms with E-state index in [9.17, 15) is 14.7 Å². The number of hydrogen-bond donors (Lipinski definition) is 3. The van der Waals surface area contributed by atoms with Crippen LogP contribution in [-0.4, -0.2) is 41.8 Å². The summed E-state index contributed by atoms with van der Waals surface area (Å²) in [6, 6.07) is 14.4. The van der Waals surface area contributed by atoms with E-state index < -0.39 is 18.0 Å². The van der Waals surface area contributed by atoms with Crippen LogP contribution in [-0.2, 0) is 11.4 Å². The summed E-state index contributed by atoms with van der Waals surface area (Å²) in [4.78, 5) is 22.7. The van der Waals surface area contributed by atoms with Crippen LogP contribution < -0.4 is 14.8 Å². The normalized spacial score (nSPS) is 11.5. The molecule has 1 amide bonds. The van der Waals surface area contributed by atoms with Gasteiger partial charge in [0.1, 0.15) is 6.61 Å². The number of amides is 1. The Morgan fingerprint density at radius 1 is 1.12 bits per heavy atom. The largest absolute Gasteiger partial charge is 0.493 e. The van der Waals surface area contributed by atoms with Gasteiger partial charge in [0.25, 0.3) is 5.91 Å². The Kier molecular flexibility index (Phi) is 6.99. The third-order valence-electron chi connectivity index (χ3n) is 3.65. The molecule has 2 rings (SSSR count). The van der Waals surface area contributed by atoms with Crippen molar-refractivity contribution in [2.75, 3.05) is 13.7 Å². The van der Waals surface area contributed by atoms with Crippen molar-refractivity contribution in [3.63, 3.8) is 0 Å². The van der Waals surface area contributed by atoms with E-state index in [1.54, 1.807) is 18.2 Å². The van der Waals surface area contributed by atoms with Gasteiger partial charge in [-0.3, -0.25) is 4.79 Å². The SMILES string of the molecule is COc1ccc(C(=O)NCC[C@H](O)C(=O)O)cc1OCc1ccccc1. The van der Waals surface area contributed by atoms with Gasteiger partial charge in [0, 0.05) is 18.5 Å². The zero-order chi connectivity index (χ0) is 18.9. The van der Waals surface area contributed by atoms with Crippen LogP contribution in [0, 0.1) is 0 Å². The third-order valence-corrected chi connectivity index (χ3v) is 3.65. The van der Waals surface area contributed by atoms with Gasteiger partial charge in [-0.1, -0.05) is 30.3 Å². The summed E-state index contributed by atoms with van der Waals surface area (Å²) in [6.45, 7) is 0.367. The summed E-state index contributed by atoms with van der Waals surface area (Å²) in [7, 11) is 1.51. The molecule has 138 valence electrons. The molecule has 2 aromatic rings. The van der Waals surface area contributed by atoms with Crippen LogP contribution in [0.4, 0.5) is 0 Å². The third kappa shape index (κ3) is 5.49. The van der Waals surface area contributed by atoms with Crippen LogP contribution in [0.5, 0.6) is 11.5 Å². The van der Waals surface area contributed by atoms with Gasteiger partial charge in [0.2, 0.25) is 0 Å². The first kappa shape index (κ1) is 19.3. The molecule has 0 spiro atoms. The van der Waals surface area contributed by atoms with E-state index in [4.69, 9.17) is 14.6 Å². The number of carboxylic acid groups (broad SMARTS) is 1. The molecule has 0 radical (unpaired) electrons. The maximum Gasteiger partial charge on any atom is 0.332 e. The minimum Gasteiger partial charge on any atom is -0.493 e. The fourth-order valence-corrected chi connectivity index (χ4v) is 2.21. The van der Waals surface area contributed by atoms with E-state index in [0.29, 0.717) is 23.7 Å². The lowest BCUT2D eigenvalue weighted by Gasteiger charge is -2.13. The van der Waals surface area contributed by atoms with Crippen molar-refractivity contribution in [1.29, 1.82) is 0 Å². The summed E-state index contributed by atoms with van der Waals surface area (Å²) in [6.07, 6.45) is -1.58. The minimum atomic E-state index is -1.50. The van der Waals surface area contributed by atoms with Crippen molar-refractivity contribution in [3.8, 4) is 11.5 Å². The topological polar surface area (TPSA) is 105 Å². The molecular formula is C19H21NO6. The monoisotopic (exact) mass is 359 g/mol. The van der Waals surface area contributed by atoms with Crippen LogP contribution in [0.1, 0.15) is 22.3 Å². The van der Waals surface area contributed by atoms with Crippen LogP contribution in [0.15, 0.2) is 48.5 Å². The molecule has 2 aromatic carbocycles.